The number of nitrogens with one attached hydrogen (secondary N) is 1. The van der Waals surface area contributed by atoms with Crippen LogP contribution in [-0.4, -0.2) is 59.6 Å². The summed E-state index contributed by atoms with van der Waals surface area (Å²) in [6, 6.07) is 17.4. The molecular weight excluding hydrogens is 656 g/mol. The Kier molecular flexibility index (Phi) is 11.7. The van der Waals surface area contributed by atoms with Crippen LogP contribution in [0, 0.1) is 0 Å². The van der Waals surface area contributed by atoms with E-state index in [4.69, 9.17) is 0 Å². The van der Waals surface area contributed by atoms with E-state index < -0.39 is 0 Å². The number of likely N-dealkylation sites (N-methyl/N-ethyl adjacent to an activating group) is 1. The molecule has 2 aromatic rings. The fourth-order valence-corrected chi connectivity index (χ4v) is 7.98. The molecule has 0 atom stereocenters. The topological polar surface area (TPSA) is 72.7 Å². The zero-order chi connectivity index (χ0) is 35.5. The molecular formula is C43H51ClN4O3. The molecule has 1 N–H and O–H groups in total. The monoisotopic (exact) mass is 706 g/mol. The minimum absolute atomic E-state index is 0. The Hall–Kier alpha value is -4.49. The van der Waals surface area contributed by atoms with Crippen molar-refractivity contribution >= 4 is 34.8 Å². The van der Waals surface area contributed by atoms with Gasteiger partial charge in [-0.2, -0.15) is 4.58 Å². The molecule has 3 heterocycles. The summed E-state index contributed by atoms with van der Waals surface area (Å²) in [5.74, 6) is -0.694. The average molecular weight is 707 g/mol. The van der Waals surface area contributed by atoms with Crippen molar-refractivity contribution < 1.29 is 31.4 Å². The predicted molar refractivity (Wildman–Crippen MR) is 202 cm³/mol. The summed E-state index contributed by atoms with van der Waals surface area (Å²) < 4.78 is 2.48. The first-order valence-electron chi connectivity index (χ1n) is 18.2. The van der Waals surface area contributed by atoms with Crippen molar-refractivity contribution in [1.29, 1.82) is 0 Å². The molecule has 0 radical (unpaired) electrons. The normalized spacial score (nSPS) is 20.4. The molecule has 8 heteroatoms. The molecule has 7 nitrogen and oxygen atoms in total. The van der Waals surface area contributed by atoms with E-state index in [0.29, 0.717) is 6.42 Å². The van der Waals surface area contributed by atoms with Gasteiger partial charge in [-0.3, -0.25) is 19.3 Å². The quantitative estimate of drug-likeness (QED) is 0.200. The number of anilines is 1. The minimum atomic E-state index is -0.323. The summed E-state index contributed by atoms with van der Waals surface area (Å²) >= 11 is 0. The van der Waals surface area contributed by atoms with Gasteiger partial charge in [0.25, 0.3) is 11.8 Å². The molecule has 0 spiro atoms. The molecule has 2 aromatic carbocycles. The van der Waals surface area contributed by atoms with E-state index in [2.05, 4.69) is 128 Å². The van der Waals surface area contributed by atoms with E-state index in [0.717, 1.165) is 50.0 Å². The molecule has 0 bridgehead atoms. The smallest absolute Gasteiger partial charge is 0.253 e. The number of imide groups is 1. The number of para-hydroxylation sites is 2. The van der Waals surface area contributed by atoms with Crippen molar-refractivity contribution in [3.8, 4) is 0 Å². The van der Waals surface area contributed by atoms with Gasteiger partial charge in [-0.1, -0.05) is 68.5 Å². The molecule has 268 valence electrons. The highest BCUT2D eigenvalue weighted by atomic mass is 35.5. The van der Waals surface area contributed by atoms with Gasteiger partial charge in [0.15, 0.2) is 5.71 Å². The average Bonchev–Trinajstić information content (AvgIpc) is 3.61. The number of amides is 3. The molecule has 0 saturated heterocycles. The molecule has 3 aliphatic heterocycles. The highest BCUT2D eigenvalue weighted by molar-refractivity contribution is 6.12. The zero-order valence-corrected chi connectivity index (χ0v) is 31.4. The van der Waals surface area contributed by atoms with Gasteiger partial charge in [-0.25, -0.2) is 0 Å². The number of allylic oxidation sites excluding steroid dienone is 8. The van der Waals surface area contributed by atoms with Crippen molar-refractivity contribution in [1.82, 2.24) is 10.2 Å². The SMILES string of the molecule is CN1/C(=C/C=C2C=C(/C=C/C3=[N+](CCCCCC(=O)NCCN4C(=O)C=CC4=O)c4ccccc4C3(C)C)CCC/2)C(C)(C)c2ccccc21.[Cl-]. The molecule has 0 aromatic heterocycles. The molecule has 3 amide bonds. The number of unbranched alkanes of at least 4 members (excludes halogenated alkanes) is 2. The van der Waals surface area contributed by atoms with Crippen LogP contribution in [-0.2, 0) is 25.2 Å². The van der Waals surface area contributed by atoms with Crippen LogP contribution in [0.2, 0.25) is 0 Å². The van der Waals surface area contributed by atoms with Gasteiger partial charge in [0.1, 0.15) is 6.54 Å². The number of carbonyl (C=O) groups is 3. The van der Waals surface area contributed by atoms with Gasteiger partial charge in [-0.05, 0) is 74.8 Å². The van der Waals surface area contributed by atoms with E-state index in [1.165, 1.54) is 57.2 Å². The van der Waals surface area contributed by atoms with Crippen molar-refractivity contribution in [2.45, 2.75) is 83.5 Å². The fourth-order valence-electron chi connectivity index (χ4n) is 7.98. The maximum atomic E-state index is 12.4. The first kappa shape index (κ1) is 37.8. The largest absolute Gasteiger partial charge is 1.00 e. The summed E-state index contributed by atoms with van der Waals surface area (Å²) in [5, 5.41) is 2.84. The van der Waals surface area contributed by atoms with Gasteiger partial charge in [0.05, 0.1) is 5.41 Å². The van der Waals surface area contributed by atoms with Crippen LogP contribution in [0.3, 0.4) is 0 Å². The van der Waals surface area contributed by atoms with E-state index in [-0.39, 0.29) is 54.0 Å². The van der Waals surface area contributed by atoms with Crippen molar-refractivity contribution in [3.05, 3.63) is 119 Å². The number of benzene rings is 2. The van der Waals surface area contributed by atoms with Crippen LogP contribution in [0.5, 0.6) is 0 Å². The van der Waals surface area contributed by atoms with E-state index in [1.807, 2.05) is 0 Å². The van der Waals surface area contributed by atoms with Crippen LogP contribution in [0.15, 0.2) is 108 Å². The van der Waals surface area contributed by atoms with Gasteiger partial charge in [0, 0.05) is 79.6 Å². The molecule has 51 heavy (non-hydrogen) atoms. The first-order valence-corrected chi connectivity index (χ1v) is 18.2. The Morgan fingerprint density at radius 2 is 1.57 bits per heavy atom. The summed E-state index contributed by atoms with van der Waals surface area (Å²) in [6.07, 6.45) is 20.7. The zero-order valence-electron chi connectivity index (χ0n) is 30.7. The van der Waals surface area contributed by atoms with E-state index in [9.17, 15) is 14.4 Å². The fraction of sp³-hybridized carbons (Fsp3) is 0.395. The number of fused-ring (bicyclic) bond motifs is 2. The van der Waals surface area contributed by atoms with Gasteiger partial charge >= 0.3 is 0 Å². The number of hydrogen-bond donors (Lipinski definition) is 1. The second-order valence-electron chi connectivity index (χ2n) is 14.9. The Morgan fingerprint density at radius 1 is 0.863 bits per heavy atom. The highest BCUT2D eigenvalue weighted by Crippen LogP contribution is 2.47. The second kappa shape index (κ2) is 15.8. The van der Waals surface area contributed by atoms with Crippen LogP contribution < -0.4 is 22.6 Å². The summed E-state index contributed by atoms with van der Waals surface area (Å²) in [6.45, 7) is 10.6. The van der Waals surface area contributed by atoms with E-state index in [1.54, 1.807) is 0 Å². The first-order chi connectivity index (χ1) is 24.0. The Balaban J connectivity index is 0.00000504. The van der Waals surface area contributed by atoms with Crippen LogP contribution in [0.25, 0.3) is 0 Å². The number of rotatable bonds is 12. The number of nitrogens with zero attached hydrogens (tertiary/aromatic N) is 3. The summed E-state index contributed by atoms with van der Waals surface area (Å²) in [5.41, 5.74) is 10.5. The van der Waals surface area contributed by atoms with Crippen molar-refractivity contribution in [3.63, 3.8) is 0 Å². The maximum Gasteiger partial charge on any atom is 0.253 e. The second-order valence-corrected chi connectivity index (χ2v) is 14.9. The Morgan fingerprint density at radius 3 is 2.31 bits per heavy atom. The summed E-state index contributed by atoms with van der Waals surface area (Å²) in [4.78, 5) is 39.3. The Bertz CT molecular complexity index is 1860. The van der Waals surface area contributed by atoms with Crippen molar-refractivity contribution in [2.75, 3.05) is 31.6 Å². The summed E-state index contributed by atoms with van der Waals surface area (Å²) in [7, 11) is 2.18. The number of hydrogen-bond acceptors (Lipinski definition) is 4. The lowest BCUT2D eigenvalue weighted by molar-refractivity contribution is -0.438. The maximum absolute atomic E-state index is 12.4. The van der Waals surface area contributed by atoms with Gasteiger partial charge in [-0.15, -0.1) is 0 Å². The molecule has 6 rings (SSSR count). The van der Waals surface area contributed by atoms with Gasteiger partial charge in [0.2, 0.25) is 11.6 Å². The molecule has 0 fully saturated rings. The third kappa shape index (κ3) is 7.89. The third-order valence-corrected chi connectivity index (χ3v) is 10.8. The van der Waals surface area contributed by atoms with Crippen LogP contribution in [0.1, 0.15) is 83.8 Å². The van der Waals surface area contributed by atoms with Crippen LogP contribution in [0.4, 0.5) is 11.4 Å². The van der Waals surface area contributed by atoms with Crippen molar-refractivity contribution in [2.24, 2.45) is 0 Å². The standard InChI is InChI=1S/C43H50N4O3.ClH/c1-42(2)33-16-8-10-18-35(33)45(5)37(42)23-21-31-14-13-15-32(30-31)22-24-38-43(3,4)34-17-9-11-19-36(34)46(38)28-12-6-7-20-39(48)44-27-29-47-40(49)25-26-41(47)50;/h8-11,16-19,21-26,30H,6-7,12-15,20,27-29H2,1-5H3;1H. The molecule has 4 aliphatic rings. The Labute approximate surface area is 309 Å². The van der Waals surface area contributed by atoms with Crippen LogP contribution >= 0.6 is 0 Å². The van der Waals surface area contributed by atoms with E-state index >= 15 is 0 Å². The third-order valence-electron chi connectivity index (χ3n) is 10.8. The number of halogens is 1. The number of carbonyl (C=O) groups excluding carboxylic acids is 3. The minimum Gasteiger partial charge on any atom is -1.00 e. The molecule has 1 aliphatic carbocycles. The molecule has 0 unspecified atom stereocenters. The lowest BCUT2D eigenvalue weighted by Gasteiger charge is -2.24. The van der Waals surface area contributed by atoms with Gasteiger partial charge < -0.3 is 22.6 Å². The lowest BCUT2D eigenvalue weighted by atomic mass is 9.81. The predicted octanol–water partition coefficient (Wildman–Crippen LogP) is 4.57. The molecule has 0 saturated carbocycles. The highest BCUT2D eigenvalue weighted by Gasteiger charge is 2.44. The lowest BCUT2D eigenvalue weighted by Crippen LogP contribution is -3.00.